The summed E-state index contributed by atoms with van der Waals surface area (Å²) in [7, 11) is 2.29. The quantitative estimate of drug-likeness (QED) is 0.594. The number of rotatable bonds is 7. The van der Waals surface area contributed by atoms with Crippen molar-refractivity contribution in [2.45, 2.75) is 80.7 Å². The van der Waals surface area contributed by atoms with E-state index < -0.39 is 0 Å². The Labute approximate surface area is 123 Å². The van der Waals surface area contributed by atoms with Gasteiger partial charge in [0.1, 0.15) is 0 Å². The van der Waals surface area contributed by atoms with Crippen LogP contribution in [-0.2, 0) is 0 Å². The smallest absolute Gasteiger partial charge is 0.0153 e. The van der Waals surface area contributed by atoms with Crippen LogP contribution in [0, 0.1) is 23.2 Å². The molecule has 0 saturated heterocycles. The van der Waals surface area contributed by atoms with E-state index >= 15 is 0 Å². The van der Waals surface area contributed by atoms with E-state index in [1.54, 1.807) is 0 Å². The molecule has 0 radical (unpaired) electrons. The lowest BCUT2D eigenvalue weighted by molar-refractivity contribution is 0.0720. The standard InChI is InChI=1S/C18H39N/c1-11-16(14(2)3)15(4)12-18(8,9)19(10)13-17(5,6)7/h14-16H,11-13H2,1-10H3. The summed E-state index contributed by atoms with van der Waals surface area (Å²) in [6.45, 7) is 22.5. The molecule has 0 aliphatic rings. The lowest BCUT2D eigenvalue weighted by atomic mass is 9.76. The van der Waals surface area contributed by atoms with Gasteiger partial charge in [-0.05, 0) is 50.5 Å². The van der Waals surface area contributed by atoms with Crippen LogP contribution in [0.3, 0.4) is 0 Å². The Morgan fingerprint density at radius 3 is 1.74 bits per heavy atom. The molecule has 0 rings (SSSR count). The summed E-state index contributed by atoms with van der Waals surface area (Å²) in [5, 5.41) is 0. The summed E-state index contributed by atoms with van der Waals surface area (Å²) < 4.78 is 0. The molecule has 1 heteroatoms. The van der Waals surface area contributed by atoms with Gasteiger partial charge in [-0.2, -0.15) is 0 Å². The molecule has 0 aromatic rings. The molecule has 0 aromatic heterocycles. The minimum atomic E-state index is 0.287. The molecule has 116 valence electrons. The van der Waals surface area contributed by atoms with Crippen molar-refractivity contribution >= 4 is 0 Å². The summed E-state index contributed by atoms with van der Waals surface area (Å²) in [6, 6.07) is 0. The van der Waals surface area contributed by atoms with Gasteiger partial charge in [0.25, 0.3) is 0 Å². The maximum absolute atomic E-state index is 2.55. The lowest BCUT2D eigenvalue weighted by Crippen LogP contribution is -2.46. The molecule has 0 heterocycles. The van der Waals surface area contributed by atoms with Gasteiger partial charge < -0.3 is 4.90 Å². The minimum Gasteiger partial charge on any atom is -0.301 e. The van der Waals surface area contributed by atoms with E-state index in [-0.39, 0.29) is 5.54 Å². The van der Waals surface area contributed by atoms with Crippen molar-refractivity contribution < 1.29 is 0 Å². The van der Waals surface area contributed by atoms with Crippen molar-refractivity contribution in [3.8, 4) is 0 Å². The highest BCUT2D eigenvalue weighted by molar-refractivity contribution is 4.85. The Bertz CT molecular complexity index is 247. The summed E-state index contributed by atoms with van der Waals surface area (Å²) in [6.07, 6.45) is 2.59. The highest BCUT2D eigenvalue weighted by atomic mass is 15.2. The zero-order chi connectivity index (χ0) is 15.4. The SMILES string of the molecule is CCC(C(C)C)C(C)CC(C)(C)N(C)CC(C)(C)C. The Morgan fingerprint density at radius 1 is 0.947 bits per heavy atom. The van der Waals surface area contributed by atoms with Crippen LogP contribution in [0.1, 0.15) is 75.2 Å². The molecule has 0 spiro atoms. The van der Waals surface area contributed by atoms with E-state index in [4.69, 9.17) is 0 Å². The van der Waals surface area contributed by atoms with Crippen LogP contribution in [0.15, 0.2) is 0 Å². The maximum atomic E-state index is 2.55. The van der Waals surface area contributed by atoms with E-state index in [1.807, 2.05) is 0 Å². The van der Waals surface area contributed by atoms with Crippen LogP contribution in [0.4, 0.5) is 0 Å². The van der Waals surface area contributed by atoms with Crippen LogP contribution in [0.2, 0.25) is 0 Å². The van der Waals surface area contributed by atoms with Gasteiger partial charge in [0.2, 0.25) is 0 Å². The van der Waals surface area contributed by atoms with Gasteiger partial charge in [-0.3, -0.25) is 0 Å². The Kier molecular flexibility index (Phi) is 7.09. The third-order valence-electron chi connectivity index (χ3n) is 4.62. The average molecular weight is 270 g/mol. The van der Waals surface area contributed by atoms with E-state index in [2.05, 4.69) is 74.3 Å². The molecular weight excluding hydrogens is 230 g/mol. The first kappa shape index (κ1) is 19.0. The summed E-state index contributed by atoms with van der Waals surface area (Å²) in [5.41, 5.74) is 0.659. The van der Waals surface area contributed by atoms with E-state index in [0.29, 0.717) is 5.41 Å². The van der Waals surface area contributed by atoms with Crippen LogP contribution in [0.5, 0.6) is 0 Å². The third-order valence-corrected chi connectivity index (χ3v) is 4.62. The molecule has 0 aliphatic heterocycles. The van der Waals surface area contributed by atoms with Crippen molar-refractivity contribution in [2.75, 3.05) is 13.6 Å². The molecule has 2 atom stereocenters. The molecule has 0 aromatic carbocycles. The topological polar surface area (TPSA) is 3.24 Å². The molecular formula is C18H39N. The van der Waals surface area contributed by atoms with Crippen molar-refractivity contribution in [3.63, 3.8) is 0 Å². The first-order chi connectivity index (χ1) is 8.40. The number of nitrogens with zero attached hydrogens (tertiary/aromatic N) is 1. The lowest BCUT2D eigenvalue weighted by Gasteiger charge is -2.42. The molecule has 0 aliphatic carbocycles. The van der Waals surface area contributed by atoms with Gasteiger partial charge in [-0.15, -0.1) is 0 Å². The molecule has 0 amide bonds. The highest BCUT2D eigenvalue weighted by Crippen LogP contribution is 2.33. The Morgan fingerprint density at radius 2 is 1.42 bits per heavy atom. The van der Waals surface area contributed by atoms with Crippen LogP contribution >= 0.6 is 0 Å². The van der Waals surface area contributed by atoms with Gasteiger partial charge in [-0.25, -0.2) is 0 Å². The molecule has 1 nitrogen and oxygen atoms in total. The van der Waals surface area contributed by atoms with Crippen molar-refractivity contribution in [1.29, 1.82) is 0 Å². The molecule has 0 fully saturated rings. The van der Waals surface area contributed by atoms with Crippen molar-refractivity contribution in [2.24, 2.45) is 23.2 Å². The van der Waals surface area contributed by atoms with Gasteiger partial charge in [-0.1, -0.05) is 54.9 Å². The van der Waals surface area contributed by atoms with Crippen LogP contribution in [0.25, 0.3) is 0 Å². The summed E-state index contributed by atoms with van der Waals surface area (Å²) in [4.78, 5) is 2.55. The first-order valence-corrected chi connectivity index (χ1v) is 8.12. The third kappa shape index (κ3) is 6.79. The largest absolute Gasteiger partial charge is 0.301 e. The normalized spacial score (nSPS) is 17.1. The monoisotopic (exact) mass is 269 g/mol. The minimum absolute atomic E-state index is 0.287. The van der Waals surface area contributed by atoms with Crippen molar-refractivity contribution in [3.05, 3.63) is 0 Å². The zero-order valence-corrected chi connectivity index (χ0v) is 15.3. The predicted octanol–water partition coefficient (Wildman–Crippen LogP) is 5.45. The Hall–Kier alpha value is -0.0400. The predicted molar refractivity (Wildman–Crippen MR) is 88.6 cm³/mol. The average Bonchev–Trinajstić information content (AvgIpc) is 2.13. The molecule has 19 heavy (non-hydrogen) atoms. The van der Waals surface area contributed by atoms with Crippen molar-refractivity contribution in [1.82, 2.24) is 4.90 Å². The van der Waals surface area contributed by atoms with Gasteiger partial charge in [0.15, 0.2) is 0 Å². The van der Waals surface area contributed by atoms with Gasteiger partial charge in [0, 0.05) is 12.1 Å². The fraction of sp³-hybridized carbons (Fsp3) is 1.00. The summed E-state index contributed by atoms with van der Waals surface area (Å²) in [5.74, 6) is 2.44. The summed E-state index contributed by atoms with van der Waals surface area (Å²) >= 11 is 0. The van der Waals surface area contributed by atoms with Crippen LogP contribution < -0.4 is 0 Å². The van der Waals surface area contributed by atoms with E-state index in [0.717, 1.165) is 24.3 Å². The first-order valence-electron chi connectivity index (χ1n) is 8.12. The molecule has 2 unspecified atom stereocenters. The van der Waals surface area contributed by atoms with E-state index in [9.17, 15) is 0 Å². The van der Waals surface area contributed by atoms with E-state index in [1.165, 1.54) is 12.8 Å². The fourth-order valence-electron chi connectivity index (χ4n) is 3.55. The second-order valence-corrected chi connectivity index (χ2v) is 8.73. The zero-order valence-electron chi connectivity index (χ0n) is 15.3. The molecule has 0 saturated carbocycles. The highest BCUT2D eigenvalue weighted by Gasteiger charge is 2.31. The van der Waals surface area contributed by atoms with Gasteiger partial charge >= 0.3 is 0 Å². The Balaban J connectivity index is 4.66. The number of hydrogen-bond acceptors (Lipinski definition) is 1. The molecule has 0 N–H and O–H groups in total. The second kappa shape index (κ2) is 7.11. The van der Waals surface area contributed by atoms with Gasteiger partial charge in [0.05, 0.1) is 0 Å². The number of hydrogen-bond donors (Lipinski definition) is 0. The van der Waals surface area contributed by atoms with Crippen LogP contribution in [-0.4, -0.2) is 24.0 Å². The fourth-order valence-corrected chi connectivity index (χ4v) is 3.55. The maximum Gasteiger partial charge on any atom is 0.0153 e. The second-order valence-electron chi connectivity index (χ2n) is 8.73. The molecule has 0 bridgehead atoms.